The minimum Gasteiger partial charge on any atom is -0.369 e. The molecule has 0 unspecified atom stereocenters. The molecule has 1 saturated heterocycles. The topological polar surface area (TPSA) is 108 Å². The van der Waals surface area contributed by atoms with Crippen LogP contribution in [-0.4, -0.2) is 58.1 Å². The predicted octanol–water partition coefficient (Wildman–Crippen LogP) is 4.31. The van der Waals surface area contributed by atoms with Crippen LogP contribution in [-0.2, 0) is 0 Å². The molecule has 36 heavy (non-hydrogen) atoms. The van der Waals surface area contributed by atoms with Gasteiger partial charge in [-0.1, -0.05) is 24.3 Å². The van der Waals surface area contributed by atoms with Crippen molar-refractivity contribution >= 4 is 27.6 Å². The van der Waals surface area contributed by atoms with Gasteiger partial charge in [-0.3, -0.25) is 4.79 Å². The lowest BCUT2D eigenvalue weighted by atomic mass is 10.0. The van der Waals surface area contributed by atoms with Crippen LogP contribution in [0.15, 0.2) is 47.3 Å². The van der Waals surface area contributed by atoms with Gasteiger partial charge in [-0.25, -0.2) is 4.98 Å². The number of hydrogen-bond acceptors (Lipinski definition) is 5. The molecule has 3 aromatic heterocycles. The molecule has 0 bridgehead atoms. The van der Waals surface area contributed by atoms with Gasteiger partial charge in [0, 0.05) is 48.5 Å². The van der Waals surface area contributed by atoms with E-state index in [-0.39, 0.29) is 5.56 Å². The Hall–Kier alpha value is -4.35. The second kappa shape index (κ2) is 8.40. The van der Waals surface area contributed by atoms with Crippen molar-refractivity contribution in [2.45, 2.75) is 13.8 Å². The number of benzene rings is 2. The lowest BCUT2D eigenvalue weighted by molar-refractivity contribution is 0.313. The van der Waals surface area contributed by atoms with Crippen LogP contribution in [0.5, 0.6) is 0 Å². The highest BCUT2D eigenvalue weighted by Crippen LogP contribution is 2.36. The number of H-pyrrole nitrogens is 3. The summed E-state index contributed by atoms with van der Waals surface area (Å²) < 4.78 is 0. The molecule has 0 atom stereocenters. The van der Waals surface area contributed by atoms with Crippen LogP contribution >= 0.6 is 0 Å². The summed E-state index contributed by atoms with van der Waals surface area (Å²) in [5.41, 5.74) is 7.44. The summed E-state index contributed by atoms with van der Waals surface area (Å²) in [6.45, 7) is 7.84. The molecule has 0 aliphatic carbocycles. The molecule has 5 aromatic rings. The van der Waals surface area contributed by atoms with Gasteiger partial charge in [-0.2, -0.15) is 5.26 Å². The molecule has 0 saturated carbocycles. The van der Waals surface area contributed by atoms with E-state index >= 15 is 0 Å². The van der Waals surface area contributed by atoms with Crippen LogP contribution in [0.2, 0.25) is 0 Å². The van der Waals surface area contributed by atoms with Crippen molar-refractivity contribution in [3.05, 3.63) is 69.6 Å². The van der Waals surface area contributed by atoms with Crippen molar-refractivity contribution in [3.8, 4) is 28.7 Å². The monoisotopic (exact) mass is 477 g/mol. The van der Waals surface area contributed by atoms with Crippen molar-refractivity contribution in [1.82, 2.24) is 24.8 Å². The van der Waals surface area contributed by atoms with E-state index in [4.69, 9.17) is 4.98 Å². The number of pyridine rings is 1. The van der Waals surface area contributed by atoms with Gasteiger partial charge in [0.1, 0.15) is 17.5 Å². The van der Waals surface area contributed by atoms with Gasteiger partial charge in [0.2, 0.25) is 0 Å². The maximum Gasteiger partial charge on any atom is 0.261 e. The fraction of sp³-hybridized carbons (Fsp3) is 0.250. The number of aromatic amines is 3. The predicted molar refractivity (Wildman–Crippen MR) is 143 cm³/mol. The molecular formula is C28H27N7O. The summed E-state index contributed by atoms with van der Waals surface area (Å²) in [6, 6.07) is 16.5. The molecule has 0 spiro atoms. The molecule has 8 nitrogen and oxygen atoms in total. The van der Waals surface area contributed by atoms with E-state index in [1.165, 1.54) is 0 Å². The minimum atomic E-state index is -0.250. The number of nitriles is 1. The lowest BCUT2D eigenvalue weighted by Gasteiger charge is -2.34. The number of fused-ring (bicyclic) bond motifs is 2. The van der Waals surface area contributed by atoms with Crippen LogP contribution in [0, 0.1) is 25.2 Å². The zero-order chi connectivity index (χ0) is 25.0. The van der Waals surface area contributed by atoms with Gasteiger partial charge in [0.25, 0.3) is 5.56 Å². The third-order valence-electron chi connectivity index (χ3n) is 7.25. The molecule has 0 amide bonds. The average molecular weight is 478 g/mol. The SMILES string of the molecule is Cc1ccccc1-c1[nH]c2c(-c3nc4ccc(N5CCN(C)CC5)cc4[nH]3)c(=O)[nH]c(C)c2c1C#N. The second-order valence-corrected chi connectivity index (χ2v) is 9.58. The molecule has 6 rings (SSSR count). The summed E-state index contributed by atoms with van der Waals surface area (Å²) in [7, 11) is 2.14. The third-order valence-corrected chi connectivity index (χ3v) is 7.25. The van der Waals surface area contributed by atoms with Crippen molar-refractivity contribution < 1.29 is 0 Å². The maximum absolute atomic E-state index is 13.3. The number of hydrogen-bond donors (Lipinski definition) is 3. The molecule has 1 aliphatic rings. The second-order valence-electron chi connectivity index (χ2n) is 9.58. The average Bonchev–Trinajstić information content (AvgIpc) is 3.46. The van der Waals surface area contributed by atoms with E-state index in [0.29, 0.717) is 39.2 Å². The molecule has 0 radical (unpaired) electrons. The zero-order valence-electron chi connectivity index (χ0n) is 20.6. The van der Waals surface area contributed by atoms with E-state index in [9.17, 15) is 10.1 Å². The van der Waals surface area contributed by atoms with Gasteiger partial charge >= 0.3 is 0 Å². The highest BCUT2D eigenvalue weighted by Gasteiger charge is 2.23. The third kappa shape index (κ3) is 3.48. The number of likely N-dealkylation sites (N-methyl/N-ethyl adjacent to an activating group) is 1. The summed E-state index contributed by atoms with van der Waals surface area (Å²) >= 11 is 0. The van der Waals surface area contributed by atoms with Gasteiger partial charge in [-0.15, -0.1) is 0 Å². The fourth-order valence-electron chi connectivity index (χ4n) is 5.24. The Morgan fingerprint density at radius 1 is 1.00 bits per heavy atom. The Bertz CT molecular complexity index is 1730. The van der Waals surface area contributed by atoms with Gasteiger partial charge in [-0.05, 0) is 44.7 Å². The number of rotatable bonds is 3. The first-order valence-electron chi connectivity index (χ1n) is 12.1. The van der Waals surface area contributed by atoms with Crippen LogP contribution in [0.1, 0.15) is 16.8 Å². The molecule has 180 valence electrons. The summed E-state index contributed by atoms with van der Waals surface area (Å²) in [5.74, 6) is 0.480. The number of aromatic nitrogens is 4. The summed E-state index contributed by atoms with van der Waals surface area (Å²) in [6.07, 6.45) is 0. The smallest absolute Gasteiger partial charge is 0.261 e. The molecule has 4 heterocycles. The standard InChI is InChI=1S/C28H27N7O/c1-16-6-4-5-7-19(16)25-20(15-29)23-17(2)30-28(36)24(26(23)33-25)27-31-21-9-8-18(14-22(21)32-27)35-12-10-34(3)11-13-35/h4-9,14,33H,10-13H2,1-3H3,(H,30,36)(H,31,32). The van der Waals surface area contributed by atoms with Crippen molar-refractivity contribution in [3.63, 3.8) is 0 Å². The van der Waals surface area contributed by atoms with E-state index in [1.807, 2.05) is 44.2 Å². The van der Waals surface area contributed by atoms with Crippen molar-refractivity contribution in [2.24, 2.45) is 0 Å². The zero-order valence-corrected chi connectivity index (χ0v) is 20.6. The summed E-state index contributed by atoms with van der Waals surface area (Å²) in [4.78, 5) is 32.5. The van der Waals surface area contributed by atoms with Gasteiger partial charge in [0.05, 0.1) is 27.8 Å². The van der Waals surface area contributed by atoms with Gasteiger partial charge in [0.15, 0.2) is 0 Å². The minimum absolute atomic E-state index is 0.250. The first kappa shape index (κ1) is 22.1. The number of nitrogens with zero attached hydrogens (tertiary/aromatic N) is 4. The van der Waals surface area contributed by atoms with Crippen LogP contribution in [0.3, 0.4) is 0 Å². The Morgan fingerprint density at radius 2 is 1.78 bits per heavy atom. The Morgan fingerprint density at radius 3 is 2.53 bits per heavy atom. The van der Waals surface area contributed by atoms with E-state index in [2.05, 4.69) is 50.0 Å². The number of aryl methyl sites for hydroxylation is 2. The summed E-state index contributed by atoms with van der Waals surface area (Å²) in [5, 5.41) is 10.8. The molecule has 1 aliphatic heterocycles. The number of anilines is 1. The van der Waals surface area contributed by atoms with Crippen LogP contribution in [0.25, 0.3) is 44.6 Å². The van der Waals surface area contributed by atoms with Crippen molar-refractivity contribution in [2.75, 3.05) is 38.1 Å². The highest BCUT2D eigenvalue weighted by atomic mass is 16.1. The molecule has 2 aromatic carbocycles. The van der Waals surface area contributed by atoms with E-state index in [1.54, 1.807) is 0 Å². The van der Waals surface area contributed by atoms with Gasteiger partial charge < -0.3 is 24.8 Å². The number of imidazole rings is 1. The molecule has 3 N–H and O–H groups in total. The molecule has 8 heteroatoms. The van der Waals surface area contributed by atoms with Crippen molar-refractivity contribution in [1.29, 1.82) is 5.26 Å². The largest absolute Gasteiger partial charge is 0.369 e. The normalized spacial score (nSPS) is 14.6. The first-order chi connectivity index (χ1) is 17.4. The Balaban J connectivity index is 1.53. The van der Waals surface area contributed by atoms with E-state index in [0.717, 1.165) is 54.0 Å². The number of nitrogens with one attached hydrogen (secondary N) is 3. The molecule has 1 fully saturated rings. The van der Waals surface area contributed by atoms with Crippen LogP contribution < -0.4 is 10.5 Å². The molecular weight excluding hydrogens is 450 g/mol. The highest BCUT2D eigenvalue weighted by molar-refractivity contribution is 6.02. The Labute approximate surface area is 208 Å². The fourth-order valence-corrected chi connectivity index (χ4v) is 5.24. The van der Waals surface area contributed by atoms with Crippen LogP contribution in [0.4, 0.5) is 5.69 Å². The maximum atomic E-state index is 13.3. The van der Waals surface area contributed by atoms with E-state index < -0.39 is 0 Å². The lowest BCUT2D eigenvalue weighted by Crippen LogP contribution is -2.44. The number of piperazine rings is 1. The quantitative estimate of drug-likeness (QED) is 0.359. The first-order valence-corrected chi connectivity index (χ1v) is 12.1. The Kier molecular flexibility index (Phi) is 5.16.